The molecule has 0 aliphatic carbocycles. The molecule has 1 amide bonds. The van der Waals surface area contributed by atoms with E-state index in [1.807, 2.05) is 31.2 Å². The molecule has 0 atom stereocenters. The van der Waals surface area contributed by atoms with Crippen molar-refractivity contribution in [3.63, 3.8) is 0 Å². The predicted molar refractivity (Wildman–Crippen MR) is 84.4 cm³/mol. The fourth-order valence-corrected chi connectivity index (χ4v) is 2.36. The van der Waals surface area contributed by atoms with E-state index in [9.17, 15) is 4.79 Å². The minimum absolute atomic E-state index is 0.251. The van der Waals surface area contributed by atoms with Crippen molar-refractivity contribution >= 4 is 16.9 Å². The summed E-state index contributed by atoms with van der Waals surface area (Å²) in [5.41, 5.74) is 2.97. The highest BCUT2D eigenvalue weighted by molar-refractivity contribution is 5.91. The second-order valence-corrected chi connectivity index (χ2v) is 5.22. The summed E-state index contributed by atoms with van der Waals surface area (Å²) in [6.45, 7) is 6.94. The molecule has 0 saturated carbocycles. The molecule has 2 aromatic heterocycles. The number of rotatable bonds is 5. The van der Waals surface area contributed by atoms with Gasteiger partial charge in [-0.1, -0.05) is 24.3 Å². The van der Waals surface area contributed by atoms with Gasteiger partial charge in [-0.3, -0.25) is 4.79 Å². The smallest absolute Gasteiger partial charge is 0.287 e. The van der Waals surface area contributed by atoms with Crippen LogP contribution in [0.1, 0.15) is 23.3 Å². The third-order valence-electron chi connectivity index (χ3n) is 3.31. The Hall–Kier alpha value is -2.82. The van der Waals surface area contributed by atoms with E-state index in [0.717, 1.165) is 22.4 Å². The fraction of sp³-hybridized carbons (Fsp3) is 0.176. The predicted octanol–water partition coefficient (Wildman–Crippen LogP) is 3.14. The second kappa shape index (κ2) is 5.89. The van der Waals surface area contributed by atoms with Gasteiger partial charge in [-0.15, -0.1) is 0 Å². The summed E-state index contributed by atoms with van der Waals surface area (Å²) in [6.07, 6.45) is 1.48. The SMILES string of the molecule is C=C(C)Cn1c(CNC(=O)c2ccco2)nc2ccccc21. The first-order valence-electron chi connectivity index (χ1n) is 7.05. The maximum absolute atomic E-state index is 12.0. The number of imidazole rings is 1. The van der Waals surface area contributed by atoms with Crippen LogP contribution < -0.4 is 5.32 Å². The summed E-state index contributed by atoms with van der Waals surface area (Å²) in [5.74, 6) is 0.839. The number of para-hydroxylation sites is 2. The Morgan fingerprint density at radius 2 is 2.14 bits per heavy atom. The standard InChI is InChI=1S/C17H17N3O2/c1-12(2)11-20-14-7-4-3-6-13(14)19-16(20)10-18-17(21)15-8-5-9-22-15/h3-9H,1,10-11H2,2H3,(H,18,21). The number of allylic oxidation sites excluding steroid dienone is 1. The number of nitrogens with zero attached hydrogens (tertiary/aromatic N) is 2. The topological polar surface area (TPSA) is 60.1 Å². The zero-order valence-electron chi connectivity index (χ0n) is 12.4. The number of aromatic nitrogens is 2. The summed E-state index contributed by atoms with van der Waals surface area (Å²) in [5, 5.41) is 2.83. The van der Waals surface area contributed by atoms with Crippen LogP contribution in [0.2, 0.25) is 0 Å². The molecule has 0 fully saturated rings. The van der Waals surface area contributed by atoms with E-state index in [1.165, 1.54) is 6.26 Å². The minimum Gasteiger partial charge on any atom is -0.459 e. The zero-order chi connectivity index (χ0) is 15.5. The largest absolute Gasteiger partial charge is 0.459 e. The van der Waals surface area contributed by atoms with Crippen LogP contribution in [0, 0.1) is 0 Å². The molecule has 3 aromatic rings. The van der Waals surface area contributed by atoms with E-state index in [0.29, 0.717) is 18.8 Å². The van der Waals surface area contributed by atoms with Gasteiger partial charge in [0, 0.05) is 6.54 Å². The number of hydrogen-bond acceptors (Lipinski definition) is 3. The maximum Gasteiger partial charge on any atom is 0.287 e. The Bertz CT molecular complexity index is 816. The Balaban J connectivity index is 1.86. The molecule has 0 aliphatic rings. The number of amides is 1. The Labute approximate surface area is 128 Å². The lowest BCUT2D eigenvalue weighted by atomic mass is 10.3. The summed E-state index contributed by atoms with van der Waals surface area (Å²) in [4.78, 5) is 16.6. The van der Waals surface area contributed by atoms with Crippen molar-refractivity contribution in [3.8, 4) is 0 Å². The van der Waals surface area contributed by atoms with Gasteiger partial charge < -0.3 is 14.3 Å². The number of carbonyl (C=O) groups excluding carboxylic acids is 1. The van der Waals surface area contributed by atoms with Gasteiger partial charge in [0.25, 0.3) is 5.91 Å². The van der Waals surface area contributed by atoms with Gasteiger partial charge in [0.15, 0.2) is 5.76 Å². The van der Waals surface area contributed by atoms with Gasteiger partial charge in [0.1, 0.15) is 5.82 Å². The van der Waals surface area contributed by atoms with Crippen molar-refractivity contribution < 1.29 is 9.21 Å². The molecule has 1 aromatic carbocycles. The lowest BCUT2D eigenvalue weighted by Crippen LogP contribution is -2.24. The highest BCUT2D eigenvalue weighted by Crippen LogP contribution is 2.17. The van der Waals surface area contributed by atoms with E-state index in [4.69, 9.17) is 4.42 Å². The van der Waals surface area contributed by atoms with Crippen LogP contribution in [-0.2, 0) is 13.1 Å². The van der Waals surface area contributed by atoms with Crippen LogP contribution in [0.15, 0.2) is 59.2 Å². The molecule has 2 heterocycles. The molecular weight excluding hydrogens is 278 g/mol. The average molecular weight is 295 g/mol. The second-order valence-electron chi connectivity index (χ2n) is 5.22. The molecule has 5 heteroatoms. The number of nitrogens with one attached hydrogen (secondary N) is 1. The molecule has 5 nitrogen and oxygen atoms in total. The first-order valence-corrected chi connectivity index (χ1v) is 7.05. The highest BCUT2D eigenvalue weighted by atomic mass is 16.3. The third kappa shape index (κ3) is 2.79. The van der Waals surface area contributed by atoms with Crippen LogP contribution in [0.3, 0.4) is 0 Å². The molecule has 0 saturated heterocycles. The van der Waals surface area contributed by atoms with Crippen molar-refractivity contribution in [3.05, 3.63) is 66.4 Å². The first-order chi connectivity index (χ1) is 10.6. The lowest BCUT2D eigenvalue weighted by molar-refractivity contribution is 0.0922. The van der Waals surface area contributed by atoms with Gasteiger partial charge in [0.2, 0.25) is 0 Å². The molecule has 0 aliphatic heterocycles. The summed E-state index contributed by atoms with van der Waals surface area (Å²) >= 11 is 0. The number of carbonyl (C=O) groups is 1. The lowest BCUT2D eigenvalue weighted by Gasteiger charge is -2.09. The van der Waals surface area contributed by atoms with Gasteiger partial charge in [0.05, 0.1) is 23.8 Å². The number of fused-ring (bicyclic) bond motifs is 1. The molecule has 0 unspecified atom stereocenters. The van der Waals surface area contributed by atoms with Crippen LogP contribution in [0.4, 0.5) is 0 Å². The van der Waals surface area contributed by atoms with Crippen molar-refractivity contribution in [1.82, 2.24) is 14.9 Å². The molecule has 22 heavy (non-hydrogen) atoms. The average Bonchev–Trinajstić information content (AvgIpc) is 3.13. The molecule has 3 rings (SSSR count). The van der Waals surface area contributed by atoms with E-state index < -0.39 is 0 Å². The normalized spacial score (nSPS) is 10.8. The van der Waals surface area contributed by atoms with E-state index in [1.54, 1.807) is 12.1 Å². The van der Waals surface area contributed by atoms with E-state index >= 15 is 0 Å². The number of hydrogen-bond donors (Lipinski definition) is 1. The fourth-order valence-electron chi connectivity index (χ4n) is 2.36. The van der Waals surface area contributed by atoms with Crippen LogP contribution in [0.25, 0.3) is 11.0 Å². The Kier molecular flexibility index (Phi) is 3.78. The molecular formula is C17H17N3O2. The summed E-state index contributed by atoms with van der Waals surface area (Å²) in [7, 11) is 0. The quantitative estimate of drug-likeness (QED) is 0.736. The minimum atomic E-state index is -0.251. The monoisotopic (exact) mass is 295 g/mol. The molecule has 0 radical (unpaired) electrons. The number of benzene rings is 1. The van der Waals surface area contributed by atoms with Gasteiger partial charge >= 0.3 is 0 Å². The van der Waals surface area contributed by atoms with Gasteiger partial charge in [-0.25, -0.2) is 4.98 Å². The van der Waals surface area contributed by atoms with E-state index in [-0.39, 0.29) is 5.91 Å². The summed E-state index contributed by atoms with van der Waals surface area (Å²) in [6, 6.07) is 11.2. The van der Waals surface area contributed by atoms with Crippen LogP contribution in [0.5, 0.6) is 0 Å². The van der Waals surface area contributed by atoms with Gasteiger partial charge in [-0.2, -0.15) is 0 Å². The van der Waals surface area contributed by atoms with Crippen molar-refractivity contribution in [1.29, 1.82) is 0 Å². The molecule has 1 N–H and O–H groups in total. The van der Waals surface area contributed by atoms with Crippen LogP contribution >= 0.6 is 0 Å². The first kappa shape index (κ1) is 14.1. The van der Waals surface area contributed by atoms with Gasteiger partial charge in [-0.05, 0) is 31.2 Å². The number of furan rings is 1. The highest BCUT2D eigenvalue weighted by Gasteiger charge is 2.13. The van der Waals surface area contributed by atoms with Crippen molar-refractivity contribution in [2.75, 3.05) is 0 Å². The molecule has 0 bridgehead atoms. The molecule has 0 spiro atoms. The zero-order valence-corrected chi connectivity index (χ0v) is 12.4. The van der Waals surface area contributed by atoms with Crippen molar-refractivity contribution in [2.45, 2.75) is 20.0 Å². The van der Waals surface area contributed by atoms with Crippen molar-refractivity contribution in [2.24, 2.45) is 0 Å². The molecule has 112 valence electrons. The van der Waals surface area contributed by atoms with Crippen LogP contribution in [-0.4, -0.2) is 15.5 Å². The van der Waals surface area contributed by atoms with E-state index in [2.05, 4.69) is 21.4 Å². The summed E-state index contributed by atoms with van der Waals surface area (Å²) < 4.78 is 7.15. The maximum atomic E-state index is 12.0. The Morgan fingerprint density at radius 3 is 2.86 bits per heavy atom. The third-order valence-corrected chi connectivity index (χ3v) is 3.31. The Morgan fingerprint density at radius 1 is 1.32 bits per heavy atom.